The van der Waals surface area contributed by atoms with Gasteiger partial charge in [-0.1, -0.05) is 24.1 Å². The molecule has 0 spiro atoms. The van der Waals surface area contributed by atoms with Crippen molar-refractivity contribution in [2.45, 2.75) is 19.4 Å². The van der Waals surface area contributed by atoms with Gasteiger partial charge in [-0.15, -0.1) is 6.42 Å². The maximum absolute atomic E-state index is 13.4. The summed E-state index contributed by atoms with van der Waals surface area (Å²) in [5, 5.41) is 0. The molecule has 0 atom stereocenters. The zero-order valence-corrected chi connectivity index (χ0v) is 12.4. The molecule has 1 aromatic heterocycles. The quantitative estimate of drug-likeness (QED) is 0.883. The predicted octanol–water partition coefficient (Wildman–Crippen LogP) is 2.87. The highest BCUT2D eigenvalue weighted by Gasteiger charge is 2.30. The molecule has 1 heterocycles. The SMILES string of the molecule is C#CC(C)(C)N(c1ccccc1)c1ncc(F)cc1C(N)=O. The van der Waals surface area contributed by atoms with Crippen LogP contribution >= 0.6 is 0 Å². The predicted molar refractivity (Wildman–Crippen MR) is 84.2 cm³/mol. The molecule has 0 aliphatic rings. The molecule has 0 unspecified atom stereocenters. The molecule has 0 bridgehead atoms. The molecule has 0 radical (unpaired) electrons. The molecule has 2 aromatic rings. The minimum atomic E-state index is -0.795. The fraction of sp³-hybridized carbons (Fsp3) is 0.176. The highest BCUT2D eigenvalue weighted by molar-refractivity contribution is 5.98. The van der Waals surface area contributed by atoms with Crippen LogP contribution < -0.4 is 10.6 Å². The van der Waals surface area contributed by atoms with Gasteiger partial charge in [0.15, 0.2) is 0 Å². The van der Waals surface area contributed by atoms with Gasteiger partial charge in [-0.2, -0.15) is 0 Å². The fourth-order valence-electron chi connectivity index (χ4n) is 2.14. The highest BCUT2D eigenvalue weighted by atomic mass is 19.1. The number of para-hydroxylation sites is 1. The van der Waals surface area contributed by atoms with Gasteiger partial charge in [0.25, 0.3) is 5.91 Å². The standard InChI is InChI=1S/C17H16FN3O/c1-4-17(2,3)21(13-8-6-5-7-9-13)16-14(15(19)22)10-12(18)11-20-16/h1,5-11H,2-3H3,(H2,19,22). The number of amides is 1. The summed E-state index contributed by atoms with van der Waals surface area (Å²) in [6.45, 7) is 3.60. The summed E-state index contributed by atoms with van der Waals surface area (Å²) in [4.78, 5) is 17.4. The van der Waals surface area contributed by atoms with Crippen molar-refractivity contribution >= 4 is 17.4 Å². The van der Waals surface area contributed by atoms with Crippen molar-refractivity contribution in [1.29, 1.82) is 0 Å². The van der Waals surface area contributed by atoms with Gasteiger partial charge >= 0.3 is 0 Å². The molecule has 5 heteroatoms. The summed E-state index contributed by atoms with van der Waals surface area (Å²) < 4.78 is 13.4. The Hall–Kier alpha value is -2.87. The zero-order chi connectivity index (χ0) is 16.3. The lowest BCUT2D eigenvalue weighted by Crippen LogP contribution is -2.41. The molecule has 112 valence electrons. The Labute approximate surface area is 128 Å². The van der Waals surface area contributed by atoms with Gasteiger partial charge < -0.3 is 10.6 Å². The summed E-state index contributed by atoms with van der Waals surface area (Å²) >= 11 is 0. The van der Waals surface area contributed by atoms with E-state index in [1.807, 2.05) is 30.3 Å². The third-order valence-corrected chi connectivity index (χ3v) is 3.24. The van der Waals surface area contributed by atoms with Crippen LogP contribution in [0.5, 0.6) is 0 Å². The van der Waals surface area contributed by atoms with E-state index in [0.29, 0.717) is 0 Å². The topological polar surface area (TPSA) is 59.2 Å². The molecule has 2 N–H and O–H groups in total. The van der Waals surface area contributed by atoms with Gasteiger partial charge in [-0.25, -0.2) is 9.37 Å². The summed E-state index contributed by atoms with van der Waals surface area (Å²) in [6.07, 6.45) is 6.66. The first-order chi connectivity index (χ1) is 10.4. The van der Waals surface area contributed by atoms with E-state index in [0.717, 1.165) is 18.0 Å². The Kier molecular flexibility index (Phi) is 4.13. The van der Waals surface area contributed by atoms with Crippen LogP contribution in [-0.2, 0) is 0 Å². The van der Waals surface area contributed by atoms with E-state index in [4.69, 9.17) is 12.2 Å². The molecule has 2 rings (SSSR count). The van der Waals surface area contributed by atoms with E-state index in [1.54, 1.807) is 18.7 Å². The molecule has 4 nitrogen and oxygen atoms in total. The number of hydrogen-bond donors (Lipinski definition) is 1. The number of rotatable bonds is 4. The number of nitrogens with two attached hydrogens (primary N) is 1. The van der Waals surface area contributed by atoms with E-state index in [2.05, 4.69) is 10.9 Å². The Morgan fingerprint density at radius 1 is 1.36 bits per heavy atom. The molecule has 1 aromatic carbocycles. The average Bonchev–Trinajstić information content (AvgIpc) is 2.49. The molecule has 0 fully saturated rings. The van der Waals surface area contributed by atoms with E-state index >= 15 is 0 Å². The van der Waals surface area contributed by atoms with E-state index in [9.17, 15) is 9.18 Å². The number of primary amides is 1. The number of carbonyl (C=O) groups excluding carboxylic acids is 1. The molecule has 0 saturated heterocycles. The third-order valence-electron chi connectivity index (χ3n) is 3.24. The second-order valence-corrected chi connectivity index (χ2v) is 5.26. The van der Waals surface area contributed by atoms with Crippen molar-refractivity contribution in [3.63, 3.8) is 0 Å². The van der Waals surface area contributed by atoms with Gasteiger partial charge in [0.2, 0.25) is 0 Å². The summed E-state index contributed by atoms with van der Waals surface area (Å²) in [5.74, 6) is 1.48. The lowest BCUT2D eigenvalue weighted by atomic mass is 10.0. The summed E-state index contributed by atoms with van der Waals surface area (Å²) in [5.41, 5.74) is 5.27. The first-order valence-corrected chi connectivity index (χ1v) is 6.65. The lowest BCUT2D eigenvalue weighted by Gasteiger charge is -2.36. The average molecular weight is 297 g/mol. The van der Waals surface area contributed by atoms with Crippen LogP contribution in [0.25, 0.3) is 0 Å². The van der Waals surface area contributed by atoms with Crippen LogP contribution in [0.1, 0.15) is 24.2 Å². The largest absolute Gasteiger partial charge is 0.365 e. The van der Waals surface area contributed by atoms with Crippen LogP contribution in [0.15, 0.2) is 42.6 Å². The first kappa shape index (κ1) is 15.5. The minimum absolute atomic E-state index is 0.0211. The monoisotopic (exact) mass is 297 g/mol. The number of halogens is 1. The molecular weight excluding hydrogens is 281 g/mol. The van der Waals surface area contributed by atoms with Crippen molar-refractivity contribution in [3.05, 3.63) is 54.0 Å². The van der Waals surface area contributed by atoms with Crippen LogP contribution in [-0.4, -0.2) is 16.4 Å². The van der Waals surface area contributed by atoms with Crippen molar-refractivity contribution in [2.75, 3.05) is 4.90 Å². The van der Waals surface area contributed by atoms with E-state index in [-0.39, 0.29) is 11.4 Å². The molecular formula is C17H16FN3O. The first-order valence-electron chi connectivity index (χ1n) is 6.65. The minimum Gasteiger partial charge on any atom is -0.365 e. The summed E-state index contributed by atoms with van der Waals surface area (Å²) in [6, 6.07) is 10.2. The smallest absolute Gasteiger partial charge is 0.252 e. The second-order valence-electron chi connectivity index (χ2n) is 5.26. The zero-order valence-electron chi connectivity index (χ0n) is 12.4. The molecule has 22 heavy (non-hydrogen) atoms. The Morgan fingerprint density at radius 2 is 2.00 bits per heavy atom. The number of anilines is 2. The van der Waals surface area contributed by atoms with Gasteiger partial charge in [0, 0.05) is 5.69 Å². The van der Waals surface area contributed by atoms with Crippen molar-refractivity contribution in [3.8, 4) is 12.3 Å². The Balaban J connectivity index is 2.72. The normalized spacial score (nSPS) is 10.8. The van der Waals surface area contributed by atoms with Crippen molar-refractivity contribution in [1.82, 2.24) is 4.98 Å². The number of aromatic nitrogens is 1. The molecule has 0 saturated carbocycles. The van der Waals surface area contributed by atoms with E-state index in [1.165, 1.54) is 0 Å². The number of hydrogen-bond acceptors (Lipinski definition) is 3. The number of benzene rings is 1. The highest BCUT2D eigenvalue weighted by Crippen LogP contribution is 2.33. The van der Waals surface area contributed by atoms with Gasteiger partial charge in [0.1, 0.15) is 17.2 Å². The third kappa shape index (κ3) is 2.91. The maximum Gasteiger partial charge on any atom is 0.252 e. The van der Waals surface area contributed by atoms with Gasteiger partial charge in [-0.05, 0) is 32.0 Å². The molecule has 0 aliphatic heterocycles. The fourth-order valence-corrected chi connectivity index (χ4v) is 2.14. The molecule has 0 aliphatic carbocycles. The second kappa shape index (κ2) is 5.86. The Morgan fingerprint density at radius 3 is 2.55 bits per heavy atom. The number of carbonyl (C=O) groups is 1. The van der Waals surface area contributed by atoms with Crippen LogP contribution in [0.2, 0.25) is 0 Å². The maximum atomic E-state index is 13.4. The lowest BCUT2D eigenvalue weighted by molar-refractivity contribution is 0.1000. The van der Waals surface area contributed by atoms with E-state index < -0.39 is 17.3 Å². The van der Waals surface area contributed by atoms with Crippen molar-refractivity contribution in [2.24, 2.45) is 5.73 Å². The van der Waals surface area contributed by atoms with Crippen LogP contribution in [0.3, 0.4) is 0 Å². The van der Waals surface area contributed by atoms with Gasteiger partial charge in [0.05, 0.1) is 11.8 Å². The molecule has 1 amide bonds. The number of nitrogens with zero attached hydrogens (tertiary/aromatic N) is 2. The van der Waals surface area contributed by atoms with Crippen LogP contribution in [0, 0.1) is 18.2 Å². The van der Waals surface area contributed by atoms with Gasteiger partial charge in [-0.3, -0.25) is 4.79 Å². The number of terminal acetylenes is 1. The van der Waals surface area contributed by atoms with Crippen molar-refractivity contribution < 1.29 is 9.18 Å². The summed E-state index contributed by atoms with van der Waals surface area (Å²) in [7, 11) is 0. The van der Waals surface area contributed by atoms with Crippen LogP contribution in [0.4, 0.5) is 15.9 Å². The number of pyridine rings is 1. The Bertz CT molecular complexity index is 735.